The number of methoxy groups -OCH3 is 1. The summed E-state index contributed by atoms with van der Waals surface area (Å²) in [6.45, 7) is 0. The summed E-state index contributed by atoms with van der Waals surface area (Å²) in [7, 11) is 1.65. The number of aromatic nitrogens is 2. The molecule has 0 atom stereocenters. The zero-order valence-electron chi connectivity index (χ0n) is 12.6. The number of hydrogen-bond donors (Lipinski definition) is 1. The molecular weight excluding hydrogens is 262 g/mol. The van der Waals surface area contributed by atoms with E-state index in [0.29, 0.717) is 11.9 Å². The number of rotatable bonds is 4. The van der Waals surface area contributed by atoms with E-state index < -0.39 is 0 Å². The van der Waals surface area contributed by atoms with E-state index in [2.05, 4.69) is 16.0 Å². The van der Waals surface area contributed by atoms with Crippen LogP contribution in [0.4, 0.5) is 0 Å². The standard InChI is InChI=1S/C17H23N3O/c1-21-16-9-8-15-17(20-16)13(10-11-19-15)5-2-12-3-6-14(18)7-4-12/h8-12,14H,2-7,18H2,1H3. The quantitative estimate of drug-likeness (QED) is 0.937. The van der Waals surface area contributed by atoms with Crippen molar-refractivity contribution in [2.75, 3.05) is 7.11 Å². The van der Waals surface area contributed by atoms with Gasteiger partial charge in [-0.1, -0.05) is 0 Å². The first-order valence-corrected chi connectivity index (χ1v) is 7.80. The van der Waals surface area contributed by atoms with Gasteiger partial charge in [-0.15, -0.1) is 0 Å². The Labute approximate surface area is 125 Å². The van der Waals surface area contributed by atoms with E-state index in [0.717, 1.165) is 23.4 Å². The average molecular weight is 285 g/mol. The van der Waals surface area contributed by atoms with Gasteiger partial charge in [0.2, 0.25) is 5.88 Å². The minimum absolute atomic E-state index is 0.425. The van der Waals surface area contributed by atoms with E-state index in [1.165, 1.54) is 37.7 Å². The second-order valence-corrected chi connectivity index (χ2v) is 6.01. The third kappa shape index (κ3) is 3.32. The maximum Gasteiger partial charge on any atom is 0.213 e. The van der Waals surface area contributed by atoms with E-state index in [1.807, 2.05) is 18.3 Å². The molecule has 1 saturated carbocycles. The summed E-state index contributed by atoms with van der Waals surface area (Å²) in [5.74, 6) is 1.46. The number of nitrogens with zero attached hydrogens (tertiary/aromatic N) is 2. The van der Waals surface area contributed by atoms with Crippen molar-refractivity contribution in [2.45, 2.75) is 44.6 Å². The second-order valence-electron chi connectivity index (χ2n) is 6.01. The van der Waals surface area contributed by atoms with Crippen LogP contribution in [0.1, 0.15) is 37.7 Å². The highest BCUT2D eigenvalue weighted by Gasteiger charge is 2.18. The molecule has 21 heavy (non-hydrogen) atoms. The number of nitrogens with two attached hydrogens (primary N) is 1. The molecule has 2 aromatic rings. The van der Waals surface area contributed by atoms with Crippen molar-refractivity contribution in [1.29, 1.82) is 0 Å². The van der Waals surface area contributed by atoms with Crippen LogP contribution in [0, 0.1) is 5.92 Å². The maximum absolute atomic E-state index is 5.98. The zero-order chi connectivity index (χ0) is 14.7. The Kier molecular flexibility index (Phi) is 4.34. The summed E-state index contributed by atoms with van der Waals surface area (Å²) in [4.78, 5) is 8.95. The van der Waals surface area contributed by atoms with Crippen molar-refractivity contribution in [3.8, 4) is 5.88 Å². The first kappa shape index (κ1) is 14.3. The second kappa shape index (κ2) is 6.39. The van der Waals surface area contributed by atoms with Crippen molar-refractivity contribution in [3.63, 3.8) is 0 Å². The van der Waals surface area contributed by atoms with Crippen molar-refractivity contribution >= 4 is 11.0 Å². The van der Waals surface area contributed by atoms with Crippen LogP contribution in [0.3, 0.4) is 0 Å². The maximum atomic E-state index is 5.98. The van der Waals surface area contributed by atoms with Crippen LogP contribution in [-0.2, 0) is 6.42 Å². The fraction of sp³-hybridized carbons (Fsp3) is 0.529. The SMILES string of the molecule is COc1ccc2nccc(CCC3CCC(N)CC3)c2n1. The number of aryl methyl sites for hydroxylation is 1. The summed E-state index contributed by atoms with van der Waals surface area (Å²) in [5, 5.41) is 0. The molecule has 2 aromatic heterocycles. The fourth-order valence-electron chi connectivity index (χ4n) is 3.21. The number of fused-ring (bicyclic) bond motifs is 1. The smallest absolute Gasteiger partial charge is 0.213 e. The molecular formula is C17H23N3O. The normalized spacial score (nSPS) is 22.4. The van der Waals surface area contributed by atoms with Gasteiger partial charge in [-0.05, 0) is 62.1 Å². The highest BCUT2D eigenvalue weighted by Crippen LogP contribution is 2.28. The lowest BCUT2D eigenvalue weighted by molar-refractivity contribution is 0.311. The zero-order valence-corrected chi connectivity index (χ0v) is 12.6. The van der Waals surface area contributed by atoms with Crippen LogP contribution in [0.25, 0.3) is 11.0 Å². The van der Waals surface area contributed by atoms with Crippen LogP contribution in [0.5, 0.6) is 5.88 Å². The number of hydrogen-bond acceptors (Lipinski definition) is 4. The molecule has 1 aliphatic rings. The summed E-state index contributed by atoms with van der Waals surface area (Å²) in [6, 6.07) is 6.35. The molecule has 4 nitrogen and oxygen atoms in total. The molecule has 1 fully saturated rings. The third-order valence-electron chi connectivity index (χ3n) is 4.56. The van der Waals surface area contributed by atoms with E-state index >= 15 is 0 Å². The molecule has 1 aliphatic carbocycles. The molecule has 112 valence electrons. The van der Waals surface area contributed by atoms with Gasteiger partial charge in [0.25, 0.3) is 0 Å². The molecule has 0 aliphatic heterocycles. The molecule has 2 N–H and O–H groups in total. The molecule has 3 rings (SSSR count). The fourth-order valence-corrected chi connectivity index (χ4v) is 3.21. The predicted octanol–water partition coefficient (Wildman–Crippen LogP) is 3.09. The number of pyridine rings is 2. The summed E-state index contributed by atoms with van der Waals surface area (Å²) in [6.07, 6.45) is 9.02. The van der Waals surface area contributed by atoms with Gasteiger partial charge in [0.1, 0.15) is 0 Å². The van der Waals surface area contributed by atoms with Gasteiger partial charge in [-0.2, -0.15) is 0 Å². The highest BCUT2D eigenvalue weighted by atomic mass is 16.5. The Morgan fingerprint density at radius 1 is 1.19 bits per heavy atom. The first-order valence-electron chi connectivity index (χ1n) is 7.80. The molecule has 0 amide bonds. The van der Waals surface area contributed by atoms with E-state index in [-0.39, 0.29) is 0 Å². The lowest BCUT2D eigenvalue weighted by atomic mass is 9.83. The van der Waals surface area contributed by atoms with Crippen LogP contribution in [0.2, 0.25) is 0 Å². The van der Waals surface area contributed by atoms with Gasteiger partial charge in [-0.3, -0.25) is 4.98 Å². The average Bonchev–Trinajstić information content (AvgIpc) is 2.54. The molecule has 0 aromatic carbocycles. The third-order valence-corrected chi connectivity index (χ3v) is 4.56. The Balaban J connectivity index is 1.74. The Morgan fingerprint density at radius 2 is 2.00 bits per heavy atom. The molecule has 0 saturated heterocycles. The van der Waals surface area contributed by atoms with Crippen LogP contribution < -0.4 is 10.5 Å². The van der Waals surface area contributed by atoms with Gasteiger partial charge < -0.3 is 10.5 Å². The summed E-state index contributed by atoms with van der Waals surface area (Å²) in [5.41, 5.74) is 9.17. The Bertz CT molecular complexity index is 606. The monoisotopic (exact) mass is 285 g/mol. The van der Waals surface area contributed by atoms with E-state index in [4.69, 9.17) is 10.5 Å². The summed E-state index contributed by atoms with van der Waals surface area (Å²) >= 11 is 0. The summed E-state index contributed by atoms with van der Waals surface area (Å²) < 4.78 is 5.23. The molecule has 0 radical (unpaired) electrons. The molecule has 0 bridgehead atoms. The topological polar surface area (TPSA) is 61.0 Å². The van der Waals surface area contributed by atoms with Gasteiger partial charge in [0.05, 0.1) is 18.1 Å². The lowest BCUT2D eigenvalue weighted by Gasteiger charge is -2.26. The minimum atomic E-state index is 0.425. The lowest BCUT2D eigenvalue weighted by Crippen LogP contribution is -2.26. The van der Waals surface area contributed by atoms with E-state index in [1.54, 1.807) is 7.11 Å². The number of ether oxygens (including phenoxy) is 1. The van der Waals surface area contributed by atoms with Crippen molar-refractivity contribution in [1.82, 2.24) is 9.97 Å². The molecule has 4 heteroatoms. The minimum Gasteiger partial charge on any atom is -0.481 e. The predicted molar refractivity (Wildman–Crippen MR) is 84.3 cm³/mol. The van der Waals surface area contributed by atoms with Gasteiger partial charge in [0, 0.05) is 18.3 Å². The van der Waals surface area contributed by atoms with Gasteiger partial charge in [0.15, 0.2) is 0 Å². The van der Waals surface area contributed by atoms with Crippen LogP contribution in [0.15, 0.2) is 24.4 Å². The first-order chi connectivity index (χ1) is 10.3. The Morgan fingerprint density at radius 3 is 2.76 bits per heavy atom. The van der Waals surface area contributed by atoms with Crippen molar-refractivity contribution < 1.29 is 4.74 Å². The largest absolute Gasteiger partial charge is 0.481 e. The van der Waals surface area contributed by atoms with Crippen molar-refractivity contribution in [3.05, 3.63) is 30.0 Å². The Hall–Kier alpha value is -1.68. The van der Waals surface area contributed by atoms with Crippen LogP contribution in [-0.4, -0.2) is 23.1 Å². The molecule has 2 heterocycles. The van der Waals surface area contributed by atoms with Gasteiger partial charge >= 0.3 is 0 Å². The van der Waals surface area contributed by atoms with Crippen molar-refractivity contribution in [2.24, 2.45) is 11.7 Å². The van der Waals surface area contributed by atoms with Crippen LogP contribution >= 0.6 is 0 Å². The highest BCUT2D eigenvalue weighted by molar-refractivity contribution is 5.78. The van der Waals surface area contributed by atoms with E-state index in [9.17, 15) is 0 Å². The molecule has 0 spiro atoms. The van der Waals surface area contributed by atoms with Gasteiger partial charge in [-0.25, -0.2) is 4.98 Å². The molecule has 0 unspecified atom stereocenters.